The minimum atomic E-state index is -4.20. The Balaban J connectivity index is 2.77. The maximum atomic E-state index is 12.7. The van der Waals surface area contributed by atoms with E-state index >= 15 is 0 Å². The number of urea groups is 1. The van der Waals surface area contributed by atoms with Crippen molar-refractivity contribution in [2.24, 2.45) is 0 Å². The molecule has 2 rings (SSSR count). The van der Waals surface area contributed by atoms with Crippen LogP contribution < -0.4 is 10.2 Å². The average Bonchev–Trinajstić information content (AvgIpc) is 2.78. The van der Waals surface area contributed by atoms with E-state index < -0.39 is 38.5 Å². The van der Waals surface area contributed by atoms with Gasteiger partial charge in [0.25, 0.3) is 4.87 Å². The zero-order valence-electron chi connectivity index (χ0n) is 11.9. The van der Waals surface area contributed by atoms with E-state index in [0.717, 1.165) is 0 Å². The minimum Gasteiger partial charge on any atom is -0.479 e. The summed E-state index contributed by atoms with van der Waals surface area (Å²) in [4.78, 5) is 22.3. The second-order valence-corrected chi connectivity index (χ2v) is 8.24. The van der Waals surface area contributed by atoms with Gasteiger partial charge in [-0.1, -0.05) is 23.7 Å². The van der Waals surface area contributed by atoms with Crippen LogP contribution in [0.1, 0.15) is 13.8 Å². The normalized spacial score (nSPS) is 22.0. The smallest absolute Gasteiger partial charge is 0.348 e. The van der Waals surface area contributed by atoms with Gasteiger partial charge in [-0.3, -0.25) is 4.90 Å². The van der Waals surface area contributed by atoms with Gasteiger partial charge < -0.3 is 10.4 Å². The number of carbonyl (C=O) groups excluding carboxylic acids is 1. The van der Waals surface area contributed by atoms with Crippen molar-refractivity contribution in [3.63, 3.8) is 0 Å². The minimum absolute atomic E-state index is 0.0331. The van der Waals surface area contributed by atoms with E-state index in [9.17, 15) is 23.1 Å². The molecule has 9 heteroatoms. The van der Waals surface area contributed by atoms with Crippen LogP contribution in [0.3, 0.4) is 0 Å². The second-order valence-electron chi connectivity index (χ2n) is 5.13. The van der Waals surface area contributed by atoms with Gasteiger partial charge in [0.15, 0.2) is 9.84 Å². The van der Waals surface area contributed by atoms with E-state index in [1.54, 1.807) is 12.1 Å². The molecule has 1 aromatic rings. The number of rotatable bonds is 4. The van der Waals surface area contributed by atoms with Crippen LogP contribution in [0, 0.1) is 0 Å². The van der Waals surface area contributed by atoms with E-state index in [1.165, 1.54) is 26.0 Å². The fourth-order valence-corrected chi connectivity index (χ4v) is 4.32. The van der Waals surface area contributed by atoms with Crippen LogP contribution in [-0.4, -0.2) is 42.2 Å². The lowest BCUT2D eigenvalue weighted by Crippen LogP contribution is -2.61. The molecule has 120 valence electrons. The van der Waals surface area contributed by atoms with Crippen molar-refractivity contribution in [3.8, 4) is 0 Å². The summed E-state index contributed by atoms with van der Waals surface area (Å²) in [5.41, 5.74) is 0.0331. The van der Waals surface area contributed by atoms with Gasteiger partial charge in [-0.05, 0) is 26.0 Å². The SMILES string of the molecule is CC(C)S(=O)(=O)C1(C(=O)O)CNC(=O)N1c1ccccc1Cl. The lowest BCUT2D eigenvalue weighted by atomic mass is 10.2. The van der Waals surface area contributed by atoms with Gasteiger partial charge in [-0.25, -0.2) is 18.0 Å². The first-order valence-corrected chi connectivity index (χ1v) is 8.38. The van der Waals surface area contributed by atoms with Crippen molar-refractivity contribution in [2.75, 3.05) is 11.4 Å². The lowest BCUT2D eigenvalue weighted by molar-refractivity contribution is -0.139. The number of carbonyl (C=O) groups is 2. The van der Waals surface area contributed by atoms with E-state index in [4.69, 9.17) is 11.6 Å². The van der Waals surface area contributed by atoms with Gasteiger partial charge in [0.05, 0.1) is 22.5 Å². The third kappa shape index (κ3) is 2.14. The van der Waals surface area contributed by atoms with E-state index in [2.05, 4.69) is 5.32 Å². The van der Waals surface area contributed by atoms with E-state index in [0.29, 0.717) is 4.90 Å². The molecule has 0 radical (unpaired) electrons. The standard InChI is InChI=1S/C13H15ClN2O5S/c1-8(2)22(20,21)13(11(17)18)7-15-12(19)16(13)10-6-4-3-5-9(10)14/h3-6,8H,7H2,1-2H3,(H,15,19)(H,17,18). The quantitative estimate of drug-likeness (QED) is 0.859. The number of anilines is 1. The highest BCUT2D eigenvalue weighted by Crippen LogP contribution is 2.38. The van der Waals surface area contributed by atoms with E-state index in [-0.39, 0.29) is 10.7 Å². The molecule has 1 aliphatic heterocycles. The predicted molar refractivity (Wildman–Crippen MR) is 81.8 cm³/mol. The Bertz CT molecular complexity index is 734. The second kappa shape index (κ2) is 5.44. The number of aliphatic carboxylic acids is 1. The van der Waals surface area contributed by atoms with Gasteiger partial charge >= 0.3 is 12.0 Å². The number of sulfone groups is 1. The van der Waals surface area contributed by atoms with Crippen molar-refractivity contribution in [3.05, 3.63) is 29.3 Å². The van der Waals surface area contributed by atoms with E-state index in [1.807, 2.05) is 0 Å². The van der Waals surface area contributed by atoms with Gasteiger partial charge in [0.2, 0.25) is 0 Å². The largest absolute Gasteiger partial charge is 0.479 e. The van der Waals surface area contributed by atoms with Crippen molar-refractivity contribution < 1.29 is 23.1 Å². The molecule has 1 saturated heterocycles. The molecule has 1 heterocycles. The van der Waals surface area contributed by atoms with Crippen molar-refractivity contribution in [1.29, 1.82) is 0 Å². The van der Waals surface area contributed by atoms with Crippen LogP contribution in [0.15, 0.2) is 24.3 Å². The molecule has 22 heavy (non-hydrogen) atoms. The summed E-state index contributed by atoms with van der Waals surface area (Å²) >= 11 is 6.02. The van der Waals surface area contributed by atoms with Gasteiger partial charge in [-0.15, -0.1) is 0 Å². The average molecular weight is 347 g/mol. The highest BCUT2D eigenvalue weighted by Gasteiger charge is 2.63. The molecule has 2 N–H and O–H groups in total. The van der Waals surface area contributed by atoms with Crippen molar-refractivity contribution in [1.82, 2.24) is 5.32 Å². The number of carboxylic acid groups (broad SMARTS) is 1. The first kappa shape index (κ1) is 16.6. The summed E-state index contributed by atoms with van der Waals surface area (Å²) in [6.45, 7) is 2.19. The fraction of sp³-hybridized carbons (Fsp3) is 0.385. The Hall–Kier alpha value is -1.80. The molecule has 1 unspecified atom stereocenters. The monoisotopic (exact) mass is 346 g/mol. The molecule has 0 spiro atoms. The number of nitrogens with one attached hydrogen (secondary N) is 1. The number of benzene rings is 1. The molecule has 0 aromatic heterocycles. The molecule has 1 atom stereocenters. The number of para-hydroxylation sites is 1. The fourth-order valence-electron chi connectivity index (χ4n) is 2.37. The third-order valence-corrected chi connectivity index (χ3v) is 6.57. The summed E-state index contributed by atoms with van der Waals surface area (Å²) in [6, 6.07) is 5.18. The van der Waals surface area contributed by atoms with Gasteiger partial charge in [-0.2, -0.15) is 0 Å². The number of halogens is 1. The van der Waals surface area contributed by atoms with Crippen LogP contribution in [0.2, 0.25) is 5.02 Å². The highest BCUT2D eigenvalue weighted by molar-refractivity contribution is 7.94. The lowest BCUT2D eigenvalue weighted by Gasteiger charge is -2.34. The number of hydrogen-bond donors (Lipinski definition) is 2. The third-order valence-electron chi connectivity index (χ3n) is 3.56. The molecule has 1 aromatic carbocycles. The summed E-state index contributed by atoms with van der Waals surface area (Å²) in [6.07, 6.45) is 0. The topological polar surface area (TPSA) is 104 Å². The van der Waals surface area contributed by atoms with Gasteiger partial charge in [0, 0.05) is 0 Å². The van der Waals surface area contributed by atoms with Crippen molar-refractivity contribution >= 4 is 39.1 Å². The maximum Gasteiger partial charge on any atom is 0.348 e. The Morgan fingerprint density at radius 2 is 2.00 bits per heavy atom. The Labute approximate surface area is 132 Å². The van der Waals surface area contributed by atoms with Crippen LogP contribution in [0.5, 0.6) is 0 Å². The first-order chi connectivity index (χ1) is 10.2. The molecule has 0 saturated carbocycles. The number of nitrogens with zero attached hydrogens (tertiary/aromatic N) is 1. The number of carboxylic acids is 1. The molecular formula is C13H15ClN2O5S. The summed E-state index contributed by atoms with van der Waals surface area (Å²) in [7, 11) is -4.20. The molecule has 1 fully saturated rings. The Morgan fingerprint density at radius 1 is 1.41 bits per heavy atom. The Kier molecular flexibility index (Phi) is 4.09. The highest BCUT2D eigenvalue weighted by atomic mass is 35.5. The molecular weight excluding hydrogens is 332 g/mol. The Morgan fingerprint density at radius 3 is 2.50 bits per heavy atom. The molecule has 2 amide bonds. The van der Waals surface area contributed by atoms with Crippen molar-refractivity contribution in [2.45, 2.75) is 24.0 Å². The van der Waals surface area contributed by atoms with Crippen LogP contribution in [0.4, 0.5) is 10.5 Å². The van der Waals surface area contributed by atoms with Crippen LogP contribution in [-0.2, 0) is 14.6 Å². The zero-order chi connectivity index (χ0) is 16.7. The molecule has 0 bridgehead atoms. The first-order valence-electron chi connectivity index (χ1n) is 6.45. The number of amides is 2. The van der Waals surface area contributed by atoms with Crippen LogP contribution in [0.25, 0.3) is 0 Å². The van der Waals surface area contributed by atoms with Crippen LogP contribution >= 0.6 is 11.6 Å². The number of hydrogen-bond acceptors (Lipinski definition) is 4. The molecule has 7 nitrogen and oxygen atoms in total. The maximum absolute atomic E-state index is 12.7. The predicted octanol–water partition coefficient (Wildman–Crippen LogP) is 1.47. The molecule has 0 aliphatic carbocycles. The summed E-state index contributed by atoms with van der Waals surface area (Å²) < 4.78 is 25.4. The summed E-state index contributed by atoms with van der Waals surface area (Å²) in [5.74, 6) is -1.63. The summed E-state index contributed by atoms with van der Waals surface area (Å²) in [5, 5.41) is 11.0. The van der Waals surface area contributed by atoms with Gasteiger partial charge in [0.1, 0.15) is 0 Å². The molecule has 1 aliphatic rings. The zero-order valence-corrected chi connectivity index (χ0v) is 13.5.